The topological polar surface area (TPSA) is 87.1 Å². The van der Waals surface area contributed by atoms with E-state index in [1.165, 1.54) is 16.7 Å². The van der Waals surface area contributed by atoms with Crippen LogP contribution in [0.25, 0.3) is 0 Å². The predicted octanol–water partition coefficient (Wildman–Crippen LogP) is 3.25. The second-order valence-corrected chi connectivity index (χ2v) is 11.3. The summed E-state index contributed by atoms with van der Waals surface area (Å²) in [5.41, 5.74) is 4.88. The molecule has 6 atom stereocenters. The van der Waals surface area contributed by atoms with Crippen LogP contribution in [0.1, 0.15) is 61.3 Å². The lowest BCUT2D eigenvalue weighted by Crippen LogP contribution is -2.44. The molecule has 1 aromatic rings. The fourth-order valence-corrected chi connectivity index (χ4v) is 7.46. The summed E-state index contributed by atoms with van der Waals surface area (Å²) in [6.07, 6.45) is 4.29. The number of aliphatic hydroxyl groups is 1. The normalized spacial score (nSPS) is 39.3. The van der Waals surface area contributed by atoms with Crippen molar-refractivity contribution in [3.63, 3.8) is 0 Å². The smallest absolute Gasteiger partial charge is 0.336 e. The molecule has 1 aliphatic heterocycles. The Labute approximate surface area is 178 Å². The number of fused-ring (bicyclic) bond motifs is 5. The van der Waals surface area contributed by atoms with E-state index in [0.717, 1.165) is 42.0 Å². The van der Waals surface area contributed by atoms with Gasteiger partial charge in [-0.05, 0) is 66.5 Å². The van der Waals surface area contributed by atoms with E-state index in [4.69, 9.17) is 4.74 Å². The quantitative estimate of drug-likeness (QED) is 0.552. The number of ether oxygens (including phenoxy) is 1. The van der Waals surface area contributed by atoms with E-state index in [1.807, 2.05) is 0 Å². The maximum atomic E-state index is 11.5. The van der Waals surface area contributed by atoms with Gasteiger partial charge in [0, 0.05) is 18.5 Å². The number of morpholine rings is 1. The molecule has 0 radical (unpaired) electrons. The van der Waals surface area contributed by atoms with Crippen LogP contribution in [0.2, 0.25) is 0 Å². The summed E-state index contributed by atoms with van der Waals surface area (Å²) in [5, 5.41) is 10.7. The van der Waals surface area contributed by atoms with Gasteiger partial charge < -0.3 is 9.84 Å². The van der Waals surface area contributed by atoms with Crippen molar-refractivity contribution in [2.45, 2.75) is 57.2 Å². The van der Waals surface area contributed by atoms with Crippen LogP contribution in [-0.4, -0.2) is 48.2 Å². The summed E-state index contributed by atoms with van der Waals surface area (Å²) in [7, 11) is -4.20. The van der Waals surface area contributed by atoms with Crippen molar-refractivity contribution in [2.75, 3.05) is 19.7 Å². The van der Waals surface area contributed by atoms with E-state index in [-0.39, 0.29) is 37.3 Å². The largest absolute Gasteiger partial charge is 0.392 e. The van der Waals surface area contributed by atoms with Gasteiger partial charge in [0.1, 0.15) is 0 Å². The second kappa shape index (κ2) is 7.14. The van der Waals surface area contributed by atoms with Crippen LogP contribution >= 0.6 is 0 Å². The average Bonchev–Trinajstić information content (AvgIpc) is 2.95. The lowest BCUT2D eigenvalue weighted by atomic mass is 9.55. The maximum absolute atomic E-state index is 11.5. The zero-order valence-electron chi connectivity index (χ0n) is 17.5. The Morgan fingerprint density at radius 2 is 2.10 bits per heavy atom. The van der Waals surface area contributed by atoms with E-state index in [0.29, 0.717) is 17.8 Å². The number of aryl methyl sites for hydroxylation is 1. The molecule has 0 amide bonds. The highest BCUT2D eigenvalue weighted by molar-refractivity contribution is 7.83. The molecule has 0 bridgehead atoms. The first-order chi connectivity index (χ1) is 14.2. The molecule has 7 heteroatoms. The Hall–Kier alpha value is -1.25. The summed E-state index contributed by atoms with van der Waals surface area (Å²) in [4.78, 5) is 0. The molecular weight excluding hydrogens is 402 g/mol. The van der Waals surface area contributed by atoms with Crippen LogP contribution in [0, 0.1) is 17.3 Å². The van der Waals surface area contributed by atoms with Gasteiger partial charge in [-0.15, -0.1) is 0 Å². The summed E-state index contributed by atoms with van der Waals surface area (Å²) in [6, 6.07) is 6.44. The number of hydrogen-bond donors (Lipinski definition) is 2. The fraction of sp³-hybridized carbons (Fsp3) is 0.652. The molecule has 2 saturated carbocycles. The number of nitrogens with zero attached hydrogens (tertiary/aromatic N) is 1. The highest BCUT2D eigenvalue weighted by Crippen LogP contribution is 2.62. The standard InChI is InChI=1S/C23H31NO5S/c1-14-11-21(25)23(2)8-7-18-17-5-4-16(12-15(17)3-6-19(18)22(14)23)20-13-24(9-10-29-20)30(26,27)28/h4-5,12,18-22,25H,1,3,6-11,13H2,2H3,(H,26,27,28)/t18?,19?,20?,21-,22-,23+/m0/s1. The lowest BCUT2D eigenvalue weighted by molar-refractivity contribution is -0.0180. The number of aliphatic hydroxyl groups excluding tert-OH is 1. The van der Waals surface area contributed by atoms with Crippen LogP contribution in [0.5, 0.6) is 0 Å². The van der Waals surface area contributed by atoms with Gasteiger partial charge in [0.25, 0.3) is 0 Å². The van der Waals surface area contributed by atoms with E-state index < -0.39 is 10.3 Å². The van der Waals surface area contributed by atoms with Crippen molar-refractivity contribution in [2.24, 2.45) is 17.3 Å². The number of hydrogen-bond acceptors (Lipinski definition) is 4. The fourth-order valence-electron chi connectivity index (χ4n) is 6.83. The van der Waals surface area contributed by atoms with Crippen LogP contribution in [-0.2, 0) is 21.5 Å². The third-order valence-electron chi connectivity index (χ3n) is 8.35. The molecule has 3 fully saturated rings. The minimum Gasteiger partial charge on any atom is -0.392 e. The zero-order valence-corrected chi connectivity index (χ0v) is 18.3. The molecular formula is C23H31NO5S. The Morgan fingerprint density at radius 3 is 2.87 bits per heavy atom. The van der Waals surface area contributed by atoms with Gasteiger partial charge in [-0.2, -0.15) is 12.7 Å². The van der Waals surface area contributed by atoms with Gasteiger partial charge in [-0.3, -0.25) is 4.55 Å². The monoisotopic (exact) mass is 433 g/mol. The van der Waals surface area contributed by atoms with Gasteiger partial charge in [-0.25, -0.2) is 0 Å². The Morgan fingerprint density at radius 1 is 1.30 bits per heavy atom. The van der Waals surface area contributed by atoms with Crippen molar-refractivity contribution in [3.8, 4) is 0 Å². The third-order valence-corrected chi connectivity index (χ3v) is 9.33. The highest BCUT2D eigenvalue weighted by atomic mass is 32.2. The van der Waals surface area contributed by atoms with E-state index in [9.17, 15) is 18.1 Å². The SMILES string of the molecule is C=C1C[C@H](O)[C@@]2(C)CCC3c4ccc(C5CN(S(=O)(=O)O)CCO5)cc4CCC3[C@H]12. The first kappa shape index (κ1) is 20.6. The van der Waals surface area contributed by atoms with Crippen molar-refractivity contribution in [3.05, 3.63) is 47.0 Å². The van der Waals surface area contributed by atoms with Crippen LogP contribution in [0.4, 0.5) is 0 Å². The number of benzene rings is 1. The summed E-state index contributed by atoms with van der Waals surface area (Å²) < 4.78 is 39.3. The van der Waals surface area contributed by atoms with E-state index in [2.05, 4.69) is 31.7 Å². The van der Waals surface area contributed by atoms with E-state index >= 15 is 0 Å². The zero-order chi connectivity index (χ0) is 21.3. The highest BCUT2D eigenvalue weighted by Gasteiger charge is 2.56. The Bertz CT molecular complexity index is 976. The van der Waals surface area contributed by atoms with Gasteiger partial charge in [-0.1, -0.05) is 37.3 Å². The number of rotatable bonds is 2. The van der Waals surface area contributed by atoms with Gasteiger partial charge in [0.15, 0.2) is 0 Å². The molecule has 5 rings (SSSR count). The minimum atomic E-state index is -4.20. The van der Waals surface area contributed by atoms with Crippen molar-refractivity contribution < 1.29 is 22.8 Å². The molecule has 3 aliphatic carbocycles. The predicted molar refractivity (Wildman–Crippen MR) is 113 cm³/mol. The molecule has 1 saturated heterocycles. The first-order valence-corrected chi connectivity index (χ1v) is 12.4. The molecule has 6 nitrogen and oxygen atoms in total. The molecule has 4 aliphatic rings. The molecule has 1 heterocycles. The molecule has 164 valence electrons. The molecule has 1 aromatic carbocycles. The van der Waals surface area contributed by atoms with E-state index in [1.54, 1.807) is 0 Å². The summed E-state index contributed by atoms with van der Waals surface area (Å²) in [6.45, 7) is 7.18. The molecule has 2 N–H and O–H groups in total. The van der Waals surface area contributed by atoms with Gasteiger partial charge in [0.2, 0.25) is 0 Å². The molecule has 0 aromatic heterocycles. The Kier molecular flexibility index (Phi) is 4.91. The summed E-state index contributed by atoms with van der Waals surface area (Å²) in [5.74, 6) is 1.42. The van der Waals surface area contributed by atoms with Crippen LogP contribution in [0.15, 0.2) is 30.4 Å². The first-order valence-electron chi connectivity index (χ1n) is 11.0. The van der Waals surface area contributed by atoms with Crippen LogP contribution < -0.4 is 0 Å². The van der Waals surface area contributed by atoms with Crippen molar-refractivity contribution in [1.29, 1.82) is 0 Å². The molecule has 30 heavy (non-hydrogen) atoms. The molecule has 0 spiro atoms. The molecule has 3 unspecified atom stereocenters. The average molecular weight is 434 g/mol. The van der Waals surface area contributed by atoms with Gasteiger partial charge in [0.05, 0.1) is 18.8 Å². The van der Waals surface area contributed by atoms with Crippen molar-refractivity contribution >= 4 is 10.3 Å². The van der Waals surface area contributed by atoms with Crippen LogP contribution in [0.3, 0.4) is 0 Å². The van der Waals surface area contributed by atoms with Gasteiger partial charge >= 0.3 is 10.3 Å². The maximum Gasteiger partial charge on any atom is 0.336 e. The third kappa shape index (κ3) is 3.17. The summed E-state index contributed by atoms with van der Waals surface area (Å²) >= 11 is 0. The minimum absolute atomic E-state index is 0.0368. The lowest BCUT2D eigenvalue weighted by Gasteiger charge is -2.50. The second-order valence-electron chi connectivity index (χ2n) is 9.86. The van der Waals surface area contributed by atoms with Crippen molar-refractivity contribution in [1.82, 2.24) is 4.31 Å². The Balaban J connectivity index is 1.41.